The molecule has 2 aliphatic heterocycles. The summed E-state index contributed by atoms with van der Waals surface area (Å²) in [7, 11) is 0. The summed E-state index contributed by atoms with van der Waals surface area (Å²) in [5, 5.41) is 22.5. The number of aliphatic hydroxyl groups is 2. The van der Waals surface area contributed by atoms with Crippen LogP contribution < -0.4 is 9.47 Å². The maximum atomic E-state index is 11.2. The molecule has 39 heavy (non-hydrogen) atoms. The van der Waals surface area contributed by atoms with Crippen LogP contribution in [0.4, 0.5) is 0 Å². The van der Waals surface area contributed by atoms with Gasteiger partial charge in [-0.1, -0.05) is 0 Å². The van der Waals surface area contributed by atoms with Crippen molar-refractivity contribution in [1.29, 1.82) is 0 Å². The number of ether oxygens (including phenoxy) is 3. The molecule has 4 rings (SSSR count). The van der Waals surface area contributed by atoms with Gasteiger partial charge in [0.1, 0.15) is 11.5 Å². The minimum Gasteiger partial charge on any atom is -0.459 e. The van der Waals surface area contributed by atoms with Gasteiger partial charge >= 0.3 is 0 Å². The van der Waals surface area contributed by atoms with Gasteiger partial charge in [0.05, 0.1) is 23.3 Å². The second kappa shape index (κ2) is 14.3. The SMILES string of the molecule is Cc1cc(C(O)C(CCCl)CCCCl)cc2c1OC1OC2Oc2c(C)cc(C(O)C(CCCl)CCCCl)cc21. The number of alkyl halides is 4. The highest BCUT2D eigenvalue weighted by atomic mass is 35.5. The Kier molecular flexibility index (Phi) is 11.4. The molecule has 6 unspecified atom stereocenters. The number of aliphatic hydroxyl groups excluding tert-OH is 2. The average Bonchev–Trinajstić information content (AvgIpc) is 2.93. The molecule has 6 atom stereocenters. The largest absolute Gasteiger partial charge is 0.459 e. The molecule has 2 bridgehead atoms. The number of rotatable bonds is 14. The Morgan fingerprint density at radius 1 is 0.641 bits per heavy atom. The molecule has 2 heterocycles. The first-order valence-electron chi connectivity index (χ1n) is 13.7. The van der Waals surface area contributed by atoms with Gasteiger partial charge in [0, 0.05) is 23.5 Å². The van der Waals surface area contributed by atoms with Gasteiger partial charge < -0.3 is 19.7 Å². The van der Waals surface area contributed by atoms with E-state index in [0.717, 1.165) is 59.1 Å². The molecule has 0 fully saturated rings. The van der Waals surface area contributed by atoms with Crippen LogP contribution in [0.15, 0.2) is 24.3 Å². The third kappa shape index (κ3) is 6.94. The highest BCUT2D eigenvalue weighted by molar-refractivity contribution is 6.18. The highest BCUT2D eigenvalue weighted by Crippen LogP contribution is 2.51. The van der Waals surface area contributed by atoms with Gasteiger partial charge in [0.25, 0.3) is 0 Å². The fourth-order valence-corrected chi connectivity index (χ4v) is 6.62. The van der Waals surface area contributed by atoms with Crippen LogP contribution >= 0.6 is 46.4 Å². The Bertz CT molecular complexity index is 1030. The summed E-state index contributed by atoms with van der Waals surface area (Å²) >= 11 is 23.9. The van der Waals surface area contributed by atoms with Crippen LogP contribution in [0, 0.1) is 25.7 Å². The van der Waals surface area contributed by atoms with Crippen molar-refractivity contribution in [2.24, 2.45) is 11.8 Å². The Morgan fingerprint density at radius 3 is 1.41 bits per heavy atom. The zero-order valence-corrected chi connectivity index (χ0v) is 25.5. The molecule has 0 spiro atoms. The number of aryl methyl sites for hydroxylation is 2. The number of hydrogen-bond acceptors (Lipinski definition) is 5. The summed E-state index contributed by atoms with van der Waals surface area (Å²) in [5.41, 5.74) is 4.86. The Morgan fingerprint density at radius 2 is 1.05 bits per heavy atom. The van der Waals surface area contributed by atoms with E-state index in [2.05, 4.69) is 0 Å². The zero-order valence-electron chi connectivity index (χ0n) is 22.5. The van der Waals surface area contributed by atoms with Gasteiger partial charge in [-0.15, -0.1) is 46.4 Å². The Balaban J connectivity index is 1.62. The predicted octanol–water partition coefficient (Wildman–Crippen LogP) is 8.40. The lowest BCUT2D eigenvalue weighted by Gasteiger charge is -2.40. The number of halogens is 4. The van der Waals surface area contributed by atoms with E-state index >= 15 is 0 Å². The lowest BCUT2D eigenvalue weighted by atomic mass is 9.87. The molecule has 5 nitrogen and oxygen atoms in total. The summed E-state index contributed by atoms with van der Waals surface area (Å²) in [6, 6.07) is 7.77. The summed E-state index contributed by atoms with van der Waals surface area (Å²) in [6.07, 6.45) is 1.90. The number of fused-ring (bicyclic) bond motifs is 6. The van der Waals surface area contributed by atoms with Crippen LogP contribution in [-0.2, 0) is 4.74 Å². The topological polar surface area (TPSA) is 68.2 Å². The quantitative estimate of drug-likeness (QED) is 0.208. The summed E-state index contributed by atoms with van der Waals surface area (Å²) in [4.78, 5) is 0. The maximum absolute atomic E-state index is 11.2. The molecule has 0 saturated carbocycles. The minimum atomic E-state index is -0.685. The molecule has 0 radical (unpaired) electrons. The van der Waals surface area contributed by atoms with Crippen molar-refractivity contribution in [2.75, 3.05) is 23.5 Å². The second-order valence-electron chi connectivity index (χ2n) is 10.6. The van der Waals surface area contributed by atoms with Crippen LogP contribution in [0.3, 0.4) is 0 Å². The molecule has 2 aromatic carbocycles. The summed E-state index contributed by atoms with van der Waals surface area (Å²) in [5.74, 6) is 3.43. The molecule has 9 heteroatoms. The van der Waals surface area contributed by atoms with E-state index in [1.165, 1.54) is 0 Å². The summed E-state index contributed by atoms with van der Waals surface area (Å²) < 4.78 is 19.0. The summed E-state index contributed by atoms with van der Waals surface area (Å²) in [6.45, 7) is 3.93. The van der Waals surface area contributed by atoms with Gasteiger partial charge in [-0.25, -0.2) is 0 Å². The van der Waals surface area contributed by atoms with Gasteiger partial charge in [0.15, 0.2) is 0 Å². The zero-order chi connectivity index (χ0) is 28.1. The Labute approximate surface area is 251 Å². The first kappa shape index (κ1) is 31.0. The van der Waals surface area contributed by atoms with E-state index in [1.807, 2.05) is 38.1 Å². The van der Waals surface area contributed by atoms with E-state index < -0.39 is 24.8 Å². The van der Waals surface area contributed by atoms with Crippen LogP contribution in [0.5, 0.6) is 11.5 Å². The molecule has 0 amide bonds. The molecule has 0 saturated heterocycles. The van der Waals surface area contributed by atoms with Crippen molar-refractivity contribution in [3.05, 3.63) is 57.6 Å². The third-order valence-electron chi connectivity index (χ3n) is 7.81. The standard InChI is InChI=1S/C30H38Cl4O5/c1-17-13-21(25(35)19(7-11-33)5-3-9-31)15-23-27(17)37-30-24-16-22(14-18(2)28(24)38-29(23)39-30)26(36)20(8-12-34)6-4-10-32/h13-16,19-20,25-26,29-30,35-36H,3-12H2,1-2H3. The maximum Gasteiger partial charge on any atom is 0.233 e. The van der Waals surface area contributed by atoms with Gasteiger partial charge in [-0.2, -0.15) is 0 Å². The van der Waals surface area contributed by atoms with Crippen LogP contribution in [0.1, 0.15) is 96.7 Å². The van der Waals surface area contributed by atoms with Crippen LogP contribution in [0.25, 0.3) is 0 Å². The van der Waals surface area contributed by atoms with E-state index in [0.29, 0.717) is 47.9 Å². The molecule has 2 aliphatic rings. The molecule has 2 aromatic rings. The smallest absolute Gasteiger partial charge is 0.233 e. The molecular weight excluding hydrogens is 582 g/mol. The molecule has 216 valence electrons. The average molecular weight is 620 g/mol. The van der Waals surface area contributed by atoms with Crippen molar-refractivity contribution in [2.45, 2.75) is 77.2 Å². The molecular formula is C30H38Cl4O5. The minimum absolute atomic E-state index is 0.00374. The van der Waals surface area contributed by atoms with Crippen molar-refractivity contribution in [3.8, 4) is 11.5 Å². The monoisotopic (exact) mass is 618 g/mol. The molecule has 0 aromatic heterocycles. The van der Waals surface area contributed by atoms with Crippen LogP contribution in [-0.4, -0.2) is 33.7 Å². The van der Waals surface area contributed by atoms with Crippen molar-refractivity contribution in [3.63, 3.8) is 0 Å². The van der Waals surface area contributed by atoms with Crippen LogP contribution in [0.2, 0.25) is 0 Å². The van der Waals surface area contributed by atoms with Crippen molar-refractivity contribution >= 4 is 46.4 Å². The van der Waals surface area contributed by atoms with E-state index in [1.54, 1.807) is 0 Å². The second-order valence-corrected chi connectivity index (χ2v) is 12.1. The number of benzene rings is 2. The lowest BCUT2D eigenvalue weighted by molar-refractivity contribution is -0.228. The first-order chi connectivity index (χ1) is 18.8. The normalized spacial score (nSPS) is 20.7. The third-order valence-corrected chi connectivity index (χ3v) is 8.78. The number of hydrogen-bond donors (Lipinski definition) is 2. The predicted molar refractivity (Wildman–Crippen MR) is 158 cm³/mol. The first-order valence-corrected chi connectivity index (χ1v) is 15.8. The van der Waals surface area contributed by atoms with E-state index in [9.17, 15) is 10.2 Å². The lowest BCUT2D eigenvalue weighted by Crippen LogP contribution is -2.31. The van der Waals surface area contributed by atoms with Gasteiger partial charge in [-0.05, 0) is 111 Å². The van der Waals surface area contributed by atoms with E-state index in [4.69, 9.17) is 60.6 Å². The Hall–Kier alpha value is -0.920. The van der Waals surface area contributed by atoms with Gasteiger partial charge in [0.2, 0.25) is 12.6 Å². The van der Waals surface area contributed by atoms with Gasteiger partial charge in [-0.3, -0.25) is 4.74 Å². The molecule has 0 aliphatic carbocycles. The fourth-order valence-electron chi connectivity index (χ4n) is 5.75. The van der Waals surface area contributed by atoms with E-state index in [-0.39, 0.29) is 11.8 Å². The van der Waals surface area contributed by atoms with Crippen molar-refractivity contribution in [1.82, 2.24) is 0 Å². The fraction of sp³-hybridized carbons (Fsp3) is 0.600. The highest BCUT2D eigenvalue weighted by Gasteiger charge is 2.40. The van der Waals surface area contributed by atoms with Crippen molar-refractivity contribution < 1.29 is 24.4 Å². The molecule has 2 N–H and O–H groups in total.